The van der Waals surface area contributed by atoms with E-state index in [9.17, 15) is 14.3 Å². The van der Waals surface area contributed by atoms with Gasteiger partial charge in [-0.15, -0.1) is 0 Å². The first-order valence-corrected chi connectivity index (χ1v) is 9.05. The van der Waals surface area contributed by atoms with E-state index in [0.29, 0.717) is 24.3 Å². The summed E-state index contributed by atoms with van der Waals surface area (Å²) in [5.74, 6) is -0.394. The van der Waals surface area contributed by atoms with Crippen LogP contribution in [0.5, 0.6) is 5.75 Å². The van der Waals surface area contributed by atoms with Gasteiger partial charge in [-0.25, -0.2) is 9.07 Å². The molecule has 1 aromatic heterocycles. The fraction of sp³-hybridized carbons (Fsp3) is 0.238. The number of nitrogens with zero attached hydrogens (tertiary/aromatic N) is 2. The Morgan fingerprint density at radius 2 is 2.04 bits per heavy atom. The van der Waals surface area contributed by atoms with Crippen LogP contribution in [0.4, 0.5) is 4.39 Å². The first kappa shape index (κ1) is 17.3. The molecule has 27 heavy (non-hydrogen) atoms. The van der Waals surface area contributed by atoms with Crippen LogP contribution in [0.25, 0.3) is 5.69 Å². The molecule has 2 aromatic carbocycles. The van der Waals surface area contributed by atoms with Gasteiger partial charge in [0, 0.05) is 17.8 Å². The number of phenolic OH excluding ortho intramolecular Hbond substituents is 1. The third-order valence-electron chi connectivity index (χ3n) is 4.84. The number of amides is 1. The van der Waals surface area contributed by atoms with E-state index in [1.54, 1.807) is 41.1 Å². The molecule has 138 valence electrons. The number of fused-ring (bicyclic) bond motifs is 1. The Hall–Kier alpha value is -3.15. The molecular formula is C21H20FN3O2. The molecule has 0 saturated carbocycles. The molecule has 1 aliphatic rings. The maximum Gasteiger partial charge on any atom is 0.272 e. The van der Waals surface area contributed by atoms with Gasteiger partial charge in [-0.05, 0) is 55.5 Å². The lowest BCUT2D eigenvalue weighted by molar-refractivity contribution is 0.0948. The fourth-order valence-electron chi connectivity index (χ4n) is 3.56. The Balaban J connectivity index is 1.53. The van der Waals surface area contributed by atoms with E-state index in [2.05, 4.69) is 10.4 Å². The average Bonchev–Trinajstić information content (AvgIpc) is 3.25. The summed E-state index contributed by atoms with van der Waals surface area (Å²) in [6.45, 7) is 0.434. The normalized spacial score (nSPS) is 12.8. The van der Waals surface area contributed by atoms with Crippen molar-refractivity contribution < 1.29 is 14.3 Å². The van der Waals surface area contributed by atoms with Crippen molar-refractivity contribution in [1.82, 2.24) is 15.1 Å². The Bertz CT molecular complexity index is 997. The van der Waals surface area contributed by atoms with E-state index in [1.165, 1.54) is 6.07 Å². The monoisotopic (exact) mass is 365 g/mol. The lowest BCUT2D eigenvalue weighted by atomic mass is 10.1. The van der Waals surface area contributed by atoms with Gasteiger partial charge in [-0.2, -0.15) is 5.10 Å². The van der Waals surface area contributed by atoms with Crippen LogP contribution in [0.3, 0.4) is 0 Å². The number of carbonyl (C=O) groups excluding carboxylic acids is 1. The van der Waals surface area contributed by atoms with Gasteiger partial charge in [-0.1, -0.05) is 24.3 Å². The number of phenols is 1. The standard InChI is InChI=1S/C21H20FN3O2/c22-17-8-1-2-9-19(17)25-18-10-4-7-16(18)20(24-25)21(27)23-12-11-14-5-3-6-15(26)13-14/h1-3,5-6,8-9,13,26H,4,7,10-12H2,(H,23,27). The van der Waals surface area contributed by atoms with Gasteiger partial charge in [-0.3, -0.25) is 4.79 Å². The van der Waals surface area contributed by atoms with E-state index in [1.807, 2.05) is 6.07 Å². The van der Waals surface area contributed by atoms with Crippen LogP contribution in [0.15, 0.2) is 48.5 Å². The molecule has 1 aliphatic carbocycles. The molecular weight excluding hydrogens is 345 g/mol. The highest BCUT2D eigenvalue weighted by Gasteiger charge is 2.27. The Morgan fingerprint density at radius 1 is 1.19 bits per heavy atom. The van der Waals surface area contributed by atoms with Crippen LogP contribution < -0.4 is 5.32 Å². The number of hydrogen-bond donors (Lipinski definition) is 2. The van der Waals surface area contributed by atoms with Crippen LogP contribution in [-0.4, -0.2) is 27.3 Å². The average molecular weight is 365 g/mol. The molecule has 0 radical (unpaired) electrons. The molecule has 0 atom stereocenters. The lowest BCUT2D eigenvalue weighted by Gasteiger charge is -2.06. The van der Waals surface area contributed by atoms with Crippen molar-refractivity contribution in [3.05, 3.63) is 76.9 Å². The molecule has 4 rings (SSSR count). The summed E-state index contributed by atoms with van der Waals surface area (Å²) < 4.78 is 15.8. The topological polar surface area (TPSA) is 67.2 Å². The molecule has 1 amide bonds. The molecule has 0 saturated heterocycles. The summed E-state index contributed by atoms with van der Waals surface area (Å²) in [4.78, 5) is 12.7. The minimum absolute atomic E-state index is 0.209. The Labute approximate surface area is 156 Å². The quantitative estimate of drug-likeness (QED) is 0.730. The molecule has 0 spiro atoms. The number of aromatic hydroxyl groups is 1. The van der Waals surface area contributed by atoms with Crippen molar-refractivity contribution in [3.8, 4) is 11.4 Å². The van der Waals surface area contributed by atoms with E-state index in [-0.39, 0.29) is 17.5 Å². The first-order chi connectivity index (χ1) is 13.1. The zero-order valence-corrected chi connectivity index (χ0v) is 14.8. The summed E-state index contributed by atoms with van der Waals surface area (Å²) in [5.41, 5.74) is 3.51. The maximum absolute atomic E-state index is 14.2. The van der Waals surface area contributed by atoms with Crippen molar-refractivity contribution in [2.45, 2.75) is 25.7 Å². The van der Waals surface area contributed by atoms with Crippen LogP contribution in [0.1, 0.15) is 33.7 Å². The van der Waals surface area contributed by atoms with Crippen LogP contribution in [0.2, 0.25) is 0 Å². The minimum Gasteiger partial charge on any atom is -0.508 e. The highest BCUT2D eigenvalue weighted by atomic mass is 19.1. The van der Waals surface area contributed by atoms with Crippen LogP contribution >= 0.6 is 0 Å². The summed E-state index contributed by atoms with van der Waals surface area (Å²) in [6, 6.07) is 13.4. The molecule has 6 heteroatoms. The summed E-state index contributed by atoms with van der Waals surface area (Å²) in [5, 5.41) is 16.8. The third-order valence-corrected chi connectivity index (χ3v) is 4.84. The van der Waals surface area contributed by atoms with Crippen molar-refractivity contribution in [2.75, 3.05) is 6.54 Å². The van der Waals surface area contributed by atoms with E-state index in [0.717, 1.165) is 36.1 Å². The smallest absolute Gasteiger partial charge is 0.272 e. The van der Waals surface area contributed by atoms with Crippen molar-refractivity contribution >= 4 is 5.91 Å². The maximum atomic E-state index is 14.2. The fourth-order valence-corrected chi connectivity index (χ4v) is 3.56. The highest BCUT2D eigenvalue weighted by molar-refractivity contribution is 5.94. The predicted octanol–water partition coefficient (Wildman–Crippen LogP) is 3.18. The third kappa shape index (κ3) is 3.43. The molecule has 2 N–H and O–H groups in total. The predicted molar refractivity (Wildman–Crippen MR) is 99.7 cm³/mol. The molecule has 1 heterocycles. The van der Waals surface area contributed by atoms with Gasteiger partial charge in [0.2, 0.25) is 0 Å². The van der Waals surface area contributed by atoms with Crippen molar-refractivity contribution in [2.24, 2.45) is 0 Å². The minimum atomic E-state index is -0.356. The highest BCUT2D eigenvalue weighted by Crippen LogP contribution is 2.28. The summed E-state index contributed by atoms with van der Waals surface area (Å²) in [7, 11) is 0. The van der Waals surface area contributed by atoms with Gasteiger partial charge >= 0.3 is 0 Å². The first-order valence-electron chi connectivity index (χ1n) is 9.05. The molecule has 3 aromatic rings. The number of hydrogen-bond acceptors (Lipinski definition) is 3. The molecule has 0 aliphatic heterocycles. The van der Waals surface area contributed by atoms with Crippen LogP contribution in [0, 0.1) is 5.82 Å². The lowest BCUT2D eigenvalue weighted by Crippen LogP contribution is -2.27. The van der Waals surface area contributed by atoms with Gasteiger partial charge in [0.15, 0.2) is 5.69 Å². The second-order valence-corrected chi connectivity index (χ2v) is 6.67. The zero-order valence-electron chi connectivity index (χ0n) is 14.8. The number of benzene rings is 2. The van der Waals surface area contributed by atoms with Gasteiger partial charge in [0.05, 0.1) is 0 Å². The molecule has 0 bridgehead atoms. The summed E-state index contributed by atoms with van der Waals surface area (Å²) >= 11 is 0. The van der Waals surface area contributed by atoms with Crippen molar-refractivity contribution in [3.63, 3.8) is 0 Å². The summed E-state index contributed by atoms with van der Waals surface area (Å²) in [6.07, 6.45) is 3.11. The second-order valence-electron chi connectivity index (χ2n) is 6.67. The van der Waals surface area contributed by atoms with Gasteiger partial charge in [0.25, 0.3) is 5.91 Å². The molecule has 5 nitrogen and oxygen atoms in total. The van der Waals surface area contributed by atoms with Crippen molar-refractivity contribution in [1.29, 1.82) is 0 Å². The van der Waals surface area contributed by atoms with Gasteiger partial charge < -0.3 is 10.4 Å². The van der Waals surface area contributed by atoms with E-state index >= 15 is 0 Å². The number of aromatic nitrogens is 2. The second kappa shape index (κ2) is 7.23. The number of nitrogens with one attached hydrogen (secondary N) is 1. The van der Waals surface area contributed by atoms with Gasteiger partial charge in [0.1, 0.15) is 17.3 Å². The van der Waals surface area contributed by atoms with Crippen LogP contribution in [-0.2, 0) is 19.3 Å². The Kier molecular flexibility index (Phi) is 4.62. The molecule has 0 unspecified atom stereocenters. The number of rotatable bonds is 5. The zero-order chi connectivity index (χ0) is 18.8. The SMILES string of the molecule is O=C(NCCc1cccc(O)c1)c1nn(-c2ccccc2F)c2c1CCC2. The van der Waals surface area contributed by atoms with E-state index < -0.39 is 0 Å². The Morgan fingerprint density at radius 3 is 2.85 bits per heavy atom. The number of para-hydroxylation sites is 1. The number of carbonyl (C=O) groups is 1. The number of halogens is 1. The largest absolute Gasteiger partial charge is 0.508 e. The van der Waals surface area contributed by atoms with E-state index in [4.69, 9.17) is 0 Å². The molecule has 0 fully saturated rings.